The smallest absolute Gasteiger partial charge is 0.272 e. The van der Waals surface area contributed by atoms with Gasteiger partial charge in [0.15, 0.2) is 11.5 Å². The molecule has 5 rings (SSSR count). The van der Waals surface area contributed by atoms with Crippen LogP contribution in [0.5, 0.6) is 11.5 Å². The number of nitrogens with zero attached hydrogens (tertiary/aromatic N) is 1. The first-order chi connectivity index (χ1) is 21.9. The summed E-state index contributed by atoms with van der Waals surface area (Å²) in [6.07, 6.45) is 2.21. The maximum Gasteiger partial charge on any atom is 0.272 e. The number of methoxy groups -OCH3 is 2. The Morgan fingerprint density at radius 1 is 0.800 bits per heavy atom. The van der Waals surface area contributed by atoms with Gasteiger partial charge in [0.1, 0.15) is 5.70 Å². The number of carbonyl (C=O) groups excluding carboxylic acids is 4. The molecule has 0 unspecified atom stereocenters. The summed E-state index contributed by atoms with van der Waals surface area (Å²) in [5, 5.41) is 5.58. The van der Waals surface area contributed by atoms with Crippen molar-refractivity contribution in [1.29, 1.82) is 0 Å². The Bertz CT molecular complexity index is 1720. The highest BCUT2D eigenvalue weighted by Gasteiger charge is 2.34. The van der Waals surface area contributed by atoms with E-state index in [0.717, 1.165) is 4.90 Å². The first kappa shape index (κ1) is 31.1. The average molecular weight is 622 g/mol. The summed E-state index contributed by atoms with van der Waals surface area (Å²) in [5.74, 6) is 0.289. The Morgan fingerprint density at radius 3 is 2.09 bits per heavy atom. The molecule has 1 heterocycles. The van der Waals surface area contributed by atoms with Gasteiger partial charge >= 0.3 is 0 Å². The second-order valence-corrected chi connectivity index (χ2v) is 11.1. The SMILES string of the molecule is COc1ccc(/C=C(\NC(=O)c2ccccc2)C(=O)Nc2ccc(SCCCN3C(=O)c4ccccc4C3=O)cc2)cc1OC. The number of hydrogen-bond acceptors (Lipinski definition) is 7. The van der Waals surface area contributed by atoms with E-state index in [1.807, 2.05) is 12.1 Å². The molecule has 0 saturated carbocycles. The quantitative estimate of drug-likeness (QED) is 0.0878. The van der Waals surface area contributed by atoms with E-state index in [0.29, 0.717) is 58.2 Å². The van der Waals surface area contributed by atoms with Gasteiger partial charge in [0.2, 0.25) is 0 Å². The third-order valence-electron chi connectivity index (χ3n) is 7.03. The van der Waals surface area contributed by atoms with E-state index in [-0.39, 0.29) is 17.5 Å². The third-order valence-corrected chi connectivity index (χ3v) is 8.13. The fourth-order valence-corrected chi connectivity index (χ4v) is 5.58. The van der Waals surface area contributed by atoms with Crippen LogP contribution in [0.3, 0.4) is 0 Å². The summed E-state index contributed by atoms with van der Waals surface area (Å²) < 4.78 is 10.7. The summed E-state index contributed by atoms with van der Waals surface area (Å²) >= 11 is 1.59. The summed E-state index contributed by atoms with van der Waals surface area (Å²) in [4.78, 5) is 53.7. The molecule has 0 spiro atoms. The summed E-state index contributed by atoms with van der Waals surface area (Å²) in [5.41, 5.74) is 2.53. The Morgan fingerprint density at radius 2 is 1.44 bits per heavy atom. The highest BCUT2D eigenvalue weighted by Crippen LogP contribution is 2.29. The van der Waals surface area contributed by atoms with E-state index in [1.165, 1.54) is 19.1 Å². The van der Waals surface area contributed by atoms with Crippen LogP contribution in [0.2, 0.25) is 0 Å². The number of hydrogen-bond donors (Lipinski definition) is 2. The van der Waals surface area contributed by atoms with Crippen LogP contribution in [0.15, 0.2) is 108 Å². The monoisotopic (exact) mass is 621 g/mol. The van der Waals surface area contributed by atoms with Crippen molar-refractivity contribution in [2.24, 2.45) is 0 Å². The fourth-order valence-electron chi connectivity index (χ4n) is 4.74. The van der Waals surface area contributed by atoms with Crippen molar-refractivity contribution in [3.05, 3.63) is 125 Å². The Labute approximate surface area is 265 Å². The minimum Gasteiger partial charge on any atom is -0.493 e. The van der Waals surface area contributed by atoms with Crippen LogP contribution in [0.25, 0.3) is 6.08 Å². The molecule has 0 bridgehead atoms. The van der Waals surface area contributed by atoms with Crippen LogP contribution in [-0.2, 0) is 4.79 Å². The number of carbonyl (C=O) groups is 4. The molecule has 4 aromatic rings. The molecule has 0 aromatic heterocycles. The van der Waals surface area contributed by atoms with Crippen LogP contribution < -0.4 is 20.1 Å². The predicted molar refractivity (Wildman–Crippen MR) is 174 cm³/mol. The topological polar surface area (TPSA) is 114 Å². The Kier molecular flexibility index (Phi) is 9.96. The molecule has 45 heavy (non-hydrogen) atoms. The normalized spacial score (nSPS) is 12.5. The van der Waals surface area contributed by atoms with Crippen molar-refractivity contribution in [1.82, 2.24) is 10.2 Å². The number of rotatable bonds is 12. The number of ether oxygens (including phenoxy) is 2. The van der Waals surface area contributed by atoms with E-state index in [2.05, 4.69) is 10.6 Å². The van der Waals surface area contributed by atoms with E-state index < -0.39 is 11.8 Å². The van der Waals surface area contributed by atoms with Gasteiger partial charge in [-0.2, -0.15) is 0 Å². The van der Waals surface area contributed by atoms with Gasteiger partial charge in [0.05, 0.1) is 25.3 Å². The molecule has 0 saturated heterocycles. The molecule has 10 heteroatoms. The van der Waals surface area contributed by atoms with Crippen LogP contribution in [0.4, 0.5) is 5.69 Å². The number of imide groups is 1. The Hall–Kier alpha value is -5.35. The third kappa shape index (κ3) is 7.42. The molecule has 228 valence electrons. The zero-order valence-electron chi connectivity index (χ0n) is 24.7. The average Bonchev–Trinajstić information content (AvgIpc) is 3.32. The minimum absolute atomic E-state index is 0.0442. The molecular formula is C35H31N3O6S. The lowest BCUT2D eigenvalue weighted by Gasteiger charge is -2.14. The van der Waals surface area contributed by atoms with E-state index in [4.69, 9.17) is 9.47 Å². The molecule has 1 aliphatic rings. The largest absolute Gasteiger partial charge is 0.493 e. The molecule has 0 radical (unpaired) electrons. The molecule has 9 nitrogen and oxygen atoms in total. The second kappa shape index (κ2) is 14.4. The molecule has 0 atom stereocenters. The predicted octanol–water partition coefficient (Wildman–Crippen LogP) is 5.89. The van der Waals surface area contributed by atoms with Crippen molar-refractivity contribution < 1.29 is 28.7 Å². The first-order valence-electron chi connectivity index (χ1n) is 14.2. The molecule has 2 N–H and O–H groups in total. The molecule has 1 aliphatic heterocycles. The molecular weight excluding hydrogens is 590 g/mol. The molecule has 0 fully saturated rings. The number of benzene rings is 4. The van der Waals surface area contributed by atoms with Crippen LogP contribution in [0, 0.1) is 0 Å². The summed E-state index contributed by atoms with van der Waals surface area (Å²) in [6, 6.07) is 28.0. The zero-order valence-corrected chi connectivity index (χ0v) is 25.6. The Balaban J connectivity index is 1.21. The van der Waals surface area contributed by atoms with Gasteiger partial charge < -0.3 is 20.1 Å². The van der Waals surface area contributed by atoms with E-state index >= 15 is 0 Å². The molecule has 4 amide bonds. The van der Waals surface area contributed by atoms with Gasteiger partial charge in [-0.25, -0.2) is 0 Å². The lowest BCUT2D eigenvalue weighted by atomic mass is 10.1. The van der Waals surface area contributed by atoms with Gasteiger partial charge in [-0.3, -0.25) is 24.1 Å². The highest BCUT2D eigenvalue weighted by molar-refractivity contribution is 7.99. The van der Waals surface area contributed by atoms with E-state index in [9.17, 15) is 19.2 Å². The molecule has 0 aliphatic carbocycles. The number of anilines is 1. The van der Waals surface area contributed by atoms with E-state index in [1.54, 1.807) is 103 Å². The van der Waals surface area contributed by atoms with Crippen molar-refractivity contribution in [3.8, 4) is 11.5 Å². The standard InChI is InChI=1S/C35H31N3O6S/c1-43-30-18-13-23(22-31(30)44-2)21-29(37-32(39)24-9-4-3-5-10-24)33(40)36-25-14-16-26(17-15-25)45-20-8-19-38-34(41)27-11-6-7-12-28(27)35(38)42/h3-7,9-18,21-22H,8,19-20H2,1-2H3,(H,36,40)(H,37,39)/b29-21-. The fraction of sp³-hybridized carbons (Fsp3) is 0.143. The maximum atomic E-state index is 13.4. The van der Waals surface area contributed by atoms with Crippen molar-refractivity contribution in [3.63, 3.8) is 0 Å². The number of amides is 4. The van der Waals surface area contributed by atoms with Gasteiger partial charge in [0, 0.05) is 22.7 Å². The lowest BCUT2D eigenvalue weighted by molar-refractivity contribution is -0.113. The van der Waals surface area contributed by atoms with Crippen molar-refractivity contribution in [2.75, 3.05) is 31.8 Å². The number of fused-ring (bicyclic) bond motifs is 1. The molecule has 4 aromatic carbocycles. The second-order valence-electron chi connectivity index (χ2n) is 9.98. The summed E-state index contributed by atoms with van der Waals surface area (Å²) in [6.45, 7) is 0.345. The minimum atomic E-state index is -0.504. The first-order valence-corrected chi connectivity index (χ1v) is 15.2. The zero-order chi connectivity index (χ0) is 31.8. The van der Waals surface area contributed by atoms with Crippen molar-refractivity contribution in [2.45, 2.75) is 11.3 Å². The van der Waals surface area contributed by atoms with Gasteiger partial charge in [-0.15, -0.1) is 11.8 Å². The van der Waals surface area contributed by atoms with Crippen LogP contribution >= 0.6 is 11.8 Å². The maximum absolute atomic E-state index is 13.4. The number of nitrogens with one attached hydrogen (secondary N) is 2. The van der Waals surface area contributed by atoms with Gasteiger partial charge in [-0.1, -0.05) is 36.4 Å². The summed E-state index contributed by atoms with van der Waals surface area (Å²) in [7, 11) is 3.06. The highest BCUT2D eigenvalue weighted by atomic mass is 32.2. The van der Waals surface area contributed by atoms with Crippen molar-refractivity contribution >= 4 is 47.2 Å². The van der Waals surface area contributed by atoms with Gasteiger partial charge in [-0.05, 0) is 84.5 Å². The van der Waals surface area contributed by atoms with Crippen LogP contribution in [0.1, 0.15) is 43.1 Å². The van der Waals surface area contributed by atoms with Crippen LogP contribution in [-0.4, -0.2) is 55.0 Å². The lowest BCUT2D eigenvalue weighted by Crippen LogP contribution is -2.31. The number of thioether (sulfide) groups is 1. The van der Waals surface area contributed by atoms with Gasteiger partial charge in [0.25, 0.3) is 23.6 Å².